The van der Waals surface area contributed by atoms with Crippen molar-refractivity contribution in [1.82, 2.24) is 4.98 Å². The number of H-pyrrole nitrogens is 1. The number of para-hydroxylation sites is 1. The third-order valence-electron chi connectivity index (χ3n) is 3.04. The Morgan fingerprint density at radius 1 is 1.47 bits per heavy atom. The highest BCUT2D eigenvalue weighted by molar-refractivity contribution is 5.94. The molecule has 102 valence electrons. The van der Waals surface area contributed by atoms with E-state index in [4.69, 9.17) is 0 Å². The molecule has 5 nitrogen and oxygen atoms in total. The Morgan fingerprint density at radius 2 is 2.21 bits per heavy atom. The number of aromatic amines is 1. The van der Waals surface area contributed by atoms with Crippen molar-refractivity contribution < 1.29 is 14.6 Å². The maximum atomic E-state index is 11.0. The first-order chi connectivity index (χ1) is 9.11. The molecule has 0 saturated carbocycles. The number of carbonyl (C=O) groups is 1. The van der Waals surface area contributed by atoms with E-state index in [-0.39, 0.29) is 6.42 Å². The van der Waals surface area contributed by atoms with Gasteiger partial charge < -0.3 is 20.1 Å². The van der Waals surface area contributed by atoms with Gasteiger partial charge in [0.1, 0.15) is 0 Å². The molecule has 0 saturated heterocycles. The lowest BCUT2D eigenvalue weighted by atomic mass is 10.2. The van der Waals surface area contributed by atoms with Gasteiger partial charge in [0.2, 0.25) is 0 Å². The molecule has 0 fully saturated rings. The van der Waals surface area contributed by atoms with E-state index < -0.39 is 12.1 Å². The summed E-state index contributed by atoms with van der Waals surface area (Å²) >= 11 is 0. The van der Waals surface area contributed by atoms with Crippen molar-refractivity contribution in [2.24, 2.45) is 0 Å². The molecular weight excluding hydrogens is 244 g/mol. The van der Waals surface area contributed by atoms with Gasteiger partial charge >= 0.3 is 5.97 Å². The van der Waals surface area contributed by atoms with Crippen molar-refractivity contribution >= 4 is 22.6 Å². The minimum atomic E-state index is -0.763. The SMILES string of the molecule is COC(=O)CC(O)CNc1c(C)[nH]c2ccccc12. The largest absolute Gasteiger partial charge is 0.469 e. The summed E-state index contributed by atoms with van der Waals surface area (Å²) in [5.74, 6) is -0.412. The van der Waals surface area contributed by atoms with Crippen LogP contribution in [0.15, 0.2) is 24.3 Å². The number of aliphatic hydroxyl groups is 1. The summed E-state index contributed by atoms with van der Waals surface area (Å²) in [5.41, 5.74) is 3.01. The number of hydrogen-bond acceptors (Lipinski definition) is 4. The lowest BCUT2D eigenvalue weighted by Gasteiger charge is -2.11. The molecule has 2 aromatic rings. The molecule has 1 heterocycles. The fourth-order valence-electron chi connectivity index (χ4n) is 2.07. The molecular formula is C14H18N2O3. The molecule has 1 atom stereocenters. The van der Waals surface area contributed by atoms with Gasteiger partial charge in [-0.2, -0.15) is 0 Å². The number of aromatic nitrogens is 1. The Balaban J connectivity index is 2.05. The number of carbonyl (C=O) groups excluding carboxylic acids is 1. The van der Waals surface area contributed by atoms with Crippen molar-refractivity contribution in [2.75, 3.05) is 19.0 Å². The summed E-state index contributed by atoms with van der Waals surface area (Å²) in [7, 11) is 1.31. The Hall–Kier alpha value is -2.01. The number of aliphatic hydroxyl groups excluding tert-OH is 1. The molecule has 0 amide bonds. The first-order valence-electron chi connectivity index (χ1n) is 6.18. The molecule has 1 aromatic carbocycles. The van der Waals surface area contributed by atoms with E-state index in [0.29, 0.717) is 6.54 Å². The molecule has 5 heteroatoms. The zero-order chi connectivity index (χ0) is 13.8. The maximum Gasteiger partial charge on any atom is 0.308 e. The van der Waals surface area contributed by atoms with E-state index in [1.165, 1.54) is 7.11 Å². The van der Waals surface area contributed by atoms with Crippen LogP contribution in [-0.2, 0) is 9.53 Å². The van der Waals surface area contributed by atoms with Crippen LogP contribution < -0.4 is 5.32 Å². The van der Waals surface area contributed by atoms with Crippen LogP contribution in [0.4, 0.5) is 5.69 Å². The smallest absolute Gasteiger partial charge is 0.308 e. The third kappa shape index (κ3) is 3.06. The summed E-state index contributed by atoms with van der Waals surface area (Å²) < 4.78 is 4.52. The van der Waals surface area contributed by atoms with Crippen molar-refractivity contribution in [2.45, 2.75) is 19.4 Å². The average Bonchev–Trinajstić information content (AvgIpc) is 2.71. The second-order valence-electron chi connectivity index (χ2n) is 4.49. The highest BCUT2D eigenvalue weighted by Gasteiger charge is 2.13. The summed E-state index contributed by atoms with van der Waals surface area (Å²) in [6.07, 6.45) is -0.772. The lowest BCUT2D eigenvalue weighted by Crippen LogP contribution is -2.23. The highest BCUT2D eigenvalue weighted by Crippen LogP contribution is 2.26. The number of fused-ring (bicyclic) bond motifs is 1. The van der Waals surface area contributed by atoms with Crippen LogP contribution in [0.1, 0.15) is 12.1 Å². The van der Waals surface area contributed by atoms with Gasteiger partial charge in [0.25, 0.3) is 0 Å². The zero-order valence-corrected chi connectivity index (χ0v) is 11.1. The third-order valence-corrected chi connectivity index (χ3v) is 3.04. The molecule has 1 aromatic heterocycles. The predicted octanol–water partition coefficient (Wildman–Crippen LogP) is 1.81. The van der Waals surface area contributed by atoms with Gasteiger partial charge in [0.15, 0.2) is 0 Å². The van der Waals surface area contributed by atoms with Crippen LogP contribution in [0.5, 0.6) is 0 Å². The van der Waals surface area contributed by atoms with Crippen molar-refractivity contribution in [1.29, 1.82) is 0 Å². The molecule has 1 unspecified atom stereocenters. The van der Waals surface area contributed by atoms with E-state index >= 15 is 0 Å². The molecule has 0 aliphatic carbocycles. The standard InChI is InChI=1S/C14H18N2O3/c1-9-14(11-5-3-4-6-12(11)16-9)15-8-10(17)7-13(18)19-2/h3-6,10,15-17H,7-8H2,1-2H3. The number of rotatable bonds is 5. The quantitative estimate of drug-likeness (QED) is 0.718. The van der Waals surface area contributed by atoms with Gasteiger partial charge in [-0.15, -0.1) is 0 Å². The molecule has 0 aliphatic rings. The molecule has 0 bridgehead atoms. The number of esters is 1. The van der Waals surface area contributed by atoms with Crippen LogP contribution in [0.3, 0.4) is 0 Å². The molecule has 0 aliphatic heterocycles. The predicted molar refractivity (Wildman–Crippen MR) is 74.2 cm³/mol. The van der Waals surface area contributed by atoms with Crippen molar-refractivity contribution in [3.63, 3.8) is 0 Å². The van der Waals surface area contributed by atoms with Gasteiger partial charge in [-0.3, -0.25) is 4.79 Å². The minimum Gasteiger partial charge on any atom is -0.469 e. The molecule has 0 radical (unpaired) electrons. The van der Waals surface area contributed by atoms with Crippen molar-refractivity contribution in [3.05, 3.63) is 30.0 Å². The van der Waals surface area contributed by atoms with Gasteiger partial charge in [0.05, 0.1) is 25.3 Å². The van der Waals surface area contributed by atoms with E-state index in [1.54, 1.807) is 0 Å². The second-order valence-corrected chi connectivity index (χ2v) is 4.49. The van der Waals surface area contributed by atoms with Crippen LogP contribution in [0.2, 0.25) is 0 Å². The monoisotopic (exact) mass is 262 g/mol. The van der Waals surface area contributed by atoms with E-state index in [9.17, 15) is 9.90 Å². The summed E-state index contributed by atoms with van der Waals surface area (Å²) in [4.78, 5) is 14.3. The van der Waals surface area contributed by atoms with Crippen LogP contribution in [0, 0.1) is 6.92 Å². The number of nitrogens with one attached hydrogen (secondary N) is 2. The number of anilines is 1. The second kappa shape index (κ2) is 5.75. The first kappa shape index (κ1) is 13.4. The van der Waals surface area contributed by atoms with Gasteiger partial charge in [-0.25, -0.2) is 0 Å². The number of hydrogen-bond donors (Lipinski definition) is 3. The van der Waals surface area contributed by atoms with E-state index in [2.05, 4.69) is 15.0 Å². The summed E-state index contributed by atoms with van der Waals surface area (Å²) in [5, 5.41) is 14.0. The number of aryl methyl sites for hydroxylation is 1. The number of benzene rings is 1. The Morgan fingerprint density at radius 3 is 2.95 bits per heavy atom. The van der Waals surface area contributed by atoms with Crippen LogP contribution in [0.25, 0.3) is 10.9 Å². The Labute approximate surface area is 111 Å². The molecule has 19 heavy (non-hydrogen) atoms. The summed E-state index contributed by atoms with van der Waals surface area (Å²) in [6, 6.07) is 7.94. The van der Waals surface area contributed by atoms with Gasteiger partial charge in [-0.1, -0.05) is 18.2 Å². The Bertz CT molecular complexity index is 577. The number of ether oxygens (including phenoxy) is 1. The molecule has 2 rings (SSSR count). The normalized spacial score (nSPS) is 12.4. The topological polar surface area (TPSA) is 74.3 Å². The maximum absolute atomic E-state index is 11.0. The fourth-order valence-corrected chi connectivity index (χ4v) is 2.07. The highest BCUT2D eigenvalue weighted by atomic mass is 16.5. The molecule has 3 N–H and O–H groups in total. The van der Waals surface area contributed by atoms with Crippen LogP contribution >= 0.6 is 0 Å². The van der Waals surface area contributed by atoms with Gasteiger partial charge in [0, 0.05) is 23.1 Å². The average molecular weight is 262 g/mol. The van der Waals surface area contributed by atoms with Crippen LogP contribution in [-0.4, -0.2) is 35.8 Å². The van der Waals surface area contributed by atoms with E-state index in [0.717, 1.165) is 22.3 Å². The van der Waals surface area contributed by atoms with Crippen molar-refractivity contribution in [3.8, 4) is 0 Å². The first-order valence-corrected chi connectivity index (χ1v) is 6.18. The fraction of sp³-hybridized carbons (Fsp3) is 0.357. The van der Waals surface area contributed by atoms with Gasteiger partial charge in [-0.05, 0) is 13.0 Å². The lowest BCUT2D eigenvalue weighted by molar-refractivity contribution is -0.142. The zero-order valence-electron chi connectivity index (χ0n) is 11.1. The summed E-state index contributed by atoms with van der Waals surface area (Å²) in [6.45, 7) is 2.27. The number of methoxy groups -OCH3 is 1. The minimum absolute atomic E-state index is 0.00902. The Kier molecular flexibility index (Phi) is 4.06. The molecule has 0 spiro atoms. The van der Waals surface area contributed by atoms with E-state index in [1.807, 2.05) is 31.2 Å².